The van der Waals surface area contributed by atoms with Gasteiger partial charge in [0, 0.05) is 11.4 Å². The number of aryl methyl sites for hydroxylation is 1. The zero-order valence-corrected chi connectivity index (χ0v) is 14.7. The van der Waals surface area contributed by atoms with Crippen LogP contribution in [0.15, 0.2) is 40.6 Å². The first-order valence-corrected chi connectivity index (χ1v) is 10.1. The third kappa shape index (κ3) is 3.85. The number of rotatable bonds is 6. The van der Waals surface area contributed by atoms with Crippen LogP contribution in [0, 0.1) is 0 Å². The van der Waals surface area contributed by atoms with Gasteiger partial charge in [-0.15, -0.1) is 11.3 Å². The monoisotopic (exact) mass is 365 g/mol. The maximum absolute atomic E-state index is 12.4. The molecule has 0 saturated heterocycles. The summed E-state index contributed by atoms with van der Waals surface area (Å²) in [5, 5.41) is 8.79. The molecule has 1 heterocycles. The summed E-state index contributed by atoms with van der Waals surface area (Å²) in [6.07, 6.45) is 2.92. The Morgan fingerprint density at radius 1 is 1.25 bits per heavy atom. The SMILES string of the molecule is O=C(O)Cc1ccc(S(=O)(=O)NCC2CCCc3ccccc32)s1. The molecule has 0 fully saturated rings. The Bertz CT molecular complexity index is 842. The van der Waals surface area contributed by atoms with Gasteiger partial charge in [0.2, 0.25) is 10.0 Å². The number of hydrogen-bond acceptors (Lipinski definition) is 4. The van der Waals surface area contributed by atoms with E-state index in [2.05, 4.69) is 16.9 Å². The van der Waals surface area contributed by atoms with Gasteiger partial charge in [0.25, 0.3) is 0 Å². The molecule has 128 valence electrons. The number of hydrogen-bond donors (Lipinski definition) is 2. The highest BCUT2D eigenvalue weighted by molar-refractivity contribution is 7.91. The van der Waals surface area contributed by atoms with Gasteiger partial charge in [0.1, 0.15) is 4.21 Å². The largest absolute Gasteiger partial charge is 0.481 e. The predicted octanol–water partition coefficient (Wildman–Crippen LogP) is 2.77. The molecule has 1 aromatic heterocycles. The lowest BCUT2D eigenvalue weighted by Crippen LogP contribution is -2.29. The zero-order valence-electron chi connectivity index (χ0n) is 13.1. The van der Waals surface area contributed by atoms with Crippen molar-refractivity contribution in [3.63, 3.8) is 0 Å². The topological polar surface area (TPSA) is 83.5 Å². The number of nitrogens with one attached hydrogen (secondary N) is 1. The van der Waals surface area contributed by atoms with Gasteiger partial charge in [-0.3, -0.25) is 4.79 Å². The van der Waals surface area contributed by atoms with E-state index >= 15 is 0 Å². The lowest BCUT2D eigenvalue weighted by molar-refractivity contribution is -0.136. The molecule has 0 spiro atoms. The van der Waals surface area contributed by atoms with Gasteiger partial charge in [0.15, 0.2) is 0 Å². The fourth-order valence-corrected chi connectivity index (χ4v) is 5.57. The second-order valence-corrected chi connectivity index (χ2v) is 9.09. The summed E-state index contributed by atoms with van der Waals surface area (Å²) in [6, 6.07) is 11.2. The van der Waals surface area contributed by atoms with Crippen LogP contribution >= 0.6 is 11.3 Å². The molecule has 0 bridgehead atoms. The van der Waals surface area contributed by atoms with Gasteiger partial charge in [-0.1, -0.05) is 24.3 Å². The van der Waals surface area contributed by atoms with E-state index in [0.29, 0.717) is 11.4 Å². The minimum atomic E-state index is -3.60. The molecule has 3 rings (SSSR count). The standard InChI is InChI=1S/C17H19NO4S2/c19-16(20)10-14-8-9-17(23-14)24(21,22)18-11-13-6-3-5-12-4-1-2-7-15(12)13/h1-2,4,7-9,13,18H,3,5-6,10-11H2,(H,19,20). The first-order valence-electron chi connectivity index (χ1n) is 7.83. The summed E-state index contributed by atoms with van der Waals surface area (Å²) in [4.78, 5) is 11.3. The number of sulfonamides is 1. The molecule has 0 aliphatic heterocycles. The Balaban J connectivity index is 1.70. The smallest absolute Gasteiger partial charge is 0.308 e. The van der Waals surface area contributed by atoms with E-state index < -0.39 is 16.0 Å². The van der Waals surface area contributed by atoms with Crippen molar-refractivity contribution in [1.82, 2.24) is 4.72 Å². The molecule has 1 aliphatic rings. The van der Waals surface area contributed by atoms with E-state index in [9.17, 15) is 13.2 Å². The van der Waals surface area contributed by atoms with Gasteiger partial charge in [0.05, 0.1) is 6.42 Å². The molecule has 0 radical (unpaired) electrons. The highest BCUT2D eigenvalue weighted by atomic mass is 32.2. The fourth-order valence-electron chi connectivity index (χ4n) is 3.09. The number of carbonyl (C=O) groups is 1. The van der Waals surface area contributed by atoms with Crippen LogP contribution < -0.4 is 4.72 Å². The van der Waals surface area contributed by atoms with Crippen molar-refractivity contribution in [2.24, 2.45) is 0 Å². The van der Waals surface area contributed by atoms with Crippen LogP contribution in [0.3, 0.4) is 0 Å². The predicted molar refractivity (Wildman–Crippen MR) is 93.0 cm³/mol. The minimum absolute atomic E-state index is 0.157. The number of thiophene rings is 1. The molecular formula is C17H19NO4S2. The quantitative estimate of drug-likeness (QED) is 0.824. The molecule has 2 aromatic rings. The molecule has 24 heavy (non-hydrogen) atoms. The Morgan fingerprint density at radius 3 is 2.83 bits per heavy atom. The molecule has 1 atom stereocenters. The van der Waals surface area contributed by atoms with E-state index in [1.807, 2.05) is 12.1 Å². The van der Waals surface area contributed by atoms with E-state index in [-0.39, 0.29) is 16.5 Å². The number of carboxylic acid groups (broad SMARTS) is 1. The van der Waals surface area contributed by atoms with Crippen LogP contribution in [0.4, 0.5) is 0 Å². The molecule has 0 saturated carbocycles. The number of aliphatic carboxylic acids is 1. The fraction of sp³-hybridized carbons (Fsp3) is 0.353. The molecular weight excluding hydrogens is 346 g/mol. The van der Waals surface area contributed by atoms with Crippen molar-refractivity contribution in [3.05, 3.63) is 52.4 Å². The van der Waals surface area contributed by atoms with Crippen LogP contribution in [0.5, 0.6) is 0 Å². The summed E-state index contributed by atoms with van der Waals surface area (Å²) in [7, 11) is -3.60. The van der Waals surface area contributed by atoms with E-state index in [0.717, 1.165) is 30.6 Å². The minimum Gasteiger partial charge on any atom is -0.481 e. The van der Waals surface area contributed by atoms with Crippen molar-refractivity contribution in [2.45, 2.75) is 35.8 Å². The Labute approximate surface area is 145 Å². The third-order valence-electron chi connectivity index (χ3n) is 4.24. The zero-order chi connectivity index (χ0) is 17.2. The van der Waals surface area contributed by atoms with E-state index in [1.54, 1.807) is 6.07 Å². The van der Waals surface area contributed by atoms with Gasteiger partial charge in [-0.2, -0.15) is 0 Å². The maximum Gasteiger partial charge on any atom is 0.308 e. The number of carboxylic acids is 1. The summed E-state index contributed by atoms with van der Waals surface area (Å²) >= 11 is 1.01. The van der Waals surface area contributed by atoms with Crippen LogP contribution in [0.2, 0.25) is 0 Å². The molecule has 1 unspecified atom stereocenters. The molecule has 0 amide bonds. The summed E-state index contributed by atoms with van der Waals surface area (Å²) in [6.45, 7) is 0.367. The van der Waals surface area contributed by atoms with Gasteiger partial charge in [-0.05, 0) is 48.4 Å². The summed E-state index contributed by atoms with van der Waals surface area (Å²) < 4.78 is 27.7. The Morgan fingerprint density at radius 2 is 2.04 bits per heavy atom. The van der Waals surface area contributed by atoms with Crippen LogP contribution in [-0.2, 0) is 27.7 Å². The Hall–Kier alpha value is -1.70. The third-order valence-corrected chi connectivity index (χ3v) is 7.24. The lowest BCUT2D eigenvalue weighted by Gasteiger charge is -2.25. The lowest BCUT2D eigenvalue weighted by atomic mass is 9.83. The normalized spacial score (nSPS) is 17.4. The van der Waals surface area contributed by atoms with Crippen molar-refractivity contribution in [2.75, 3.05) is 6.54 Å². The molecule has 7 heteroatoms. The maximum atomic E-state index is 12.4. The van der Waals surface area contributed by atoms with Crippen LogP contribution in [0.1, 0.15) is 34.8 Å². The van der Waals surface area contributed by atoms with Crippen molar-refractivity contribution < 1.29 is 18.3 Å². The molecule has 2 N–H and O–H groups in total. The van der Waals surface area contributed by atoms with Crippen molar-refractivity contribution in [3.8, 4) is 0 Å². The molecule has 1 aliphatic carbocycles. The van der Waals surface area contributed by atoms with Gasteiger partial charge in [-0.25, -0.2) is 13.1 Å². The Kier molecular flexibility index (Phi) is 5.03. The van der Waals surface area contributed by atoms with Crippen molar-refractivity contribution in [1.29, 1.82) is 0 Å². The number of fused-ring (bicyclic) bond motifs is 1. The molecule has 5 nitrogen and oxygen atoms in total. The van der Waals surface area contributed by atoms with Gasteiger partial charge < -0.3 is 5.11 Å². The van der Waals surface area contributed by atoms with Crippen molar-refractivity contribution >= 4 is 27.3 Å². The summed E-state index contributed by atoms with van der Waals surface area (Å²) in [5.41, 5.74) is 2.53. The highest BCUT2D eigenvalue weighted by Crippen LogP contribution is 2.31. The first kappa shape index (κ1) is 17.1. The van der Waals surface area contributed by atoms with Crippen LogP contribution in [0.25, 0.3) is 0 Å². The molecule has 1 aromatic carbocycles. The van der Waals surface area contributed by atoms with E-state index in [1.165, 1.54) is 17.2 Å². The van der Waals surface area contributed by atoms with Gasteiger partial charge >= 0.3 is 5.97 Å². The van der Waals surface area contributed by atoms with Crippen LogP contribution in [-0.4, -0.2) is 26.0 Å². The second-order valence-electron chi connectivity index (χ2n) is 5.93. The average Bonchev–Trinajstić information content (AvgIpc) is 3.01. The summed E-state index contributed by atoms with van der Waals surface area (Å²) in [5.74, 6) is -0.782. The average molecular weight is 365 g/mol. The highest BCUT2D eigenvalue weighted by Gasteiger charge is 2.23. The van der Waals surface area contributed by atoms with E-state index in [4.69, 9.17) is 5.11 Å². The first-order chi connectivity index (χ1) is 11.5. The second kappa shape index (κ2) is 7.04. The number of benzene rings is 1.